The van der Waals surface area contributed by atoms with E-state index < -0.39 is 11.3 Å². The number of carbonyl (C=O) groups is 1. The van der Waals surface area contributed by atoms with Gasteiger partial charge in [-0.25, -0.2) is 4.79 Å². The van der Waals surface area contributed by atoms with E-state index in [1.165, 1.54) is 16.7 Å². The topological polar surface area (TPSA) is 59.0 Å². The summed E-state index contributed by atoms with van der Waals surface area (Å²) in [4.78, 5) is 14.7. The number of aliphatic hydroxyl groups is 1. The standard InChI is InChI=1S/C23H35NO4/c1-22(2,3)28-21(26)24-15-19(7-6-12-27-23(24,4)5)17-8-9-18-14-20(25)11-10-16(18)13-17/h8-9,13,19-20,25H,6-7,10-12,14-15H2,1-5H3/t19-,20?/m0/s1. The second-order valence-electron chi connectivity index (χ2n) is 9.65. The van der Waals surface area contributed by atoms with Gasteiger partial charge in [0.1, 0.15) is 11.3 Å². The number of carbonyl (C=O) groups excluding carboxylic acids is 1. The Morgan fingerprint density at radius 3 is 2.71 bits per heavy atom. The maximum Gasteiger partial charge on any atom is 0.412 e. The fraction of sp³-hybridized carbons (Fsp3) is 0.696. The molecule has 1 unspecified atom stereocenters. The van der Waals surface area contributed by atoms with E-state index in [1.54, 1.807) is 4.90 Å². The molecule has 1 N–H and O–H groups in total. The van der Waals surface area contributed by atoms with Crippen molar-refractivity contribution in [3.8, 4) is 0 Å². The van der Waals surface area contributed by atoms with Gasteiger partial charge in [-0.3, -0.25) is 4.90 Å². The Morgan fingerprint density at radius 2 is 2.00 bits per heavy atom. The van der Waals surface area contributed by atoms with Crippen molar-refractivity contribution < 1.29 is 19.4 Å². The van der Waals surface area contributed by atoms with Crippen LogP contribution in [0.5, 0.6) is 0 Å². The molecule has 1 heterocycles. The molecule has 5 heteroatoms. The Bertz CT molecular complexity index is 707. The summed E-state index contributed by atoms with van der Waals surface area (Å²) in [7, 11) is 0. The van der Waals surface area contributed by atoms with Crippen LogP contribution >= 0.6 is 0 Å². The van der Waals surface area contributed by atoms with Gasteiger partial charge < -0.3 is 14.6 Å². The van der Waals surface area contributed by atoms with Crippen LogP contribution in [-0.2, 0) is 22.3 Å². The minimum absolute atomic E-state index is 0.222. The van der Waals surface area contributed by atoms with Crippen LogP contribution in [0.15, 0.2) is 18.2 Å². The van der Waals surface area contributed by atoms with E-state index in [0.29, 0.717) is 13.2 Å². The third kappa shape index (κ3) is 5.06. The maximum atomic E-state index is 12.9. The van der Waals surface area contributed by atoms with Crippen molar-refractivity contribution in [3.63, 3.8) is 0 Å². The third-order valence-electron chi connectivity index (χ3n) is 5.72. The van der Waals surface area contributed by atoms with E-state index in [2.05, 4.69) is 18.2 Å². The van der Waals surface area contributed by atoms with Gasteiger partial charge in [-0.2, -0.15) is 0 Å². The molecule has 0 radical (unpaired) electrons. The van der Waals surface area contributed by atoms with Gasteiger partial charge in [0.05, 0.1) is 6.10 Å². The summed E-state index contributed by atoms with van der Waals surface area (Å²) in [5.74, 6) is 0.243. The normalized spacial score (nSPS) is 25.4. The van der Waals surface area contributed by atoms with Gasteiger partial charge >= 0.3 is 6.09 Å². The second-order valence-corrected chi connectivity index (χ2v) is 9.65. The van der Waals surface area contributed by atoms with Crippen LogP contribution in [0.2, 0.25) is 0 Å². The zero-order chi connectivity index (χ0) is 20.5. The lowest BCUT2D eigenvalue weighted by atomic mass is 9.84. The van der Waals surface area contributed by atoms with E-state index in [9.17, 15) is 9.90 Å². The molecule has 1 saturated heterocycles. The molecule has 2 aliphatic rings. The van der Waals surface area contributed by atoms with Crippen molar-refractivity contribution in [2.24, 2.45) is 0 Å². The Labute approximate surface area is 169 Å². The highest BCUT2D eigenvalue weighted by atomic mass is 16.6. The minimum Gasteiger partial charge on any atom is -0.444 e. The van der Waals surface area contributed by atoms with Crippen LogP contribution in [0.3, 0.4) is 0 Å². The number of hydrogen-bond donors (Lipinski definition) is 1. The van der Waals surface area contributed by atoms with Gasteiger partial charge in [0, 0.05) is 19.1 Å². The molecule has 1 aliphatic carbocycles. The number of nitrogens with zero attached hydrogens (tertiary/aromatic N) is 1. The van der Waals surface area contributed by atoms with Crippen LogP contribution in [0.25, 0.3) is 0 Å². The summed E-state index contributed by atoms with van der Waals surface area (Å²) in [6.07, 6.45) is 3.87. The first-order chi connectivity index (χ1) is 13.0. The highest BCUT2D eigenvalue weighted by Crippen LogP contribution is 2.33. The van der Waals surface area contributed by atoms with Crippen LogP contribution < -0.4 is 0 Å². The molecule has 28 heavy (non-hydrogen) atoms. The zero-order valence-electron chi connectivity index (χ0n) is 18.0. The molecule has 1 amide bonds. The van der Waals surface area contributed by atoms with Crippen molar-refractivity contribution in [3.05, 3.63) is 34.9 Å². The van der Waals surface area contributed by atoms with Crippen LogP contribution in [0.4, 0.5) is 4.79 Å². The number of ether oxygens (including phenoxy) is 2. The maximum absolute atomic E-state index is 12.9. The molecule has 1 aromatic rings. The summed E-state index contributed by atoms with van der Waals surface area (Å²) in [6.45, 7) is 10.7. The molecular weight excluding hydrogens is 354 g/mol. The lowest BCUT2D eigenvalue weighted by Gasteiger charge is -2.42. The monoisotopic (exact) mass is 389 g/mol. The molecule has 0 aromatic heterocycles. The second kappa shape index (κ2) is 8.03. The molecule has 2 atom stereocenters. The molecule has 1 aromatic carbocycles. The van der Waals surface area contributed by atoms with Gasteiger partial charge in [0.15, 0.2) is 0 Å². The zero-order valence-corrected chi connectivity index (χ0v) is 18.0. The number of aliphatic hydroxyl groups excluding tert-OH is 1. The molecule has 5 nitrogen and oxygen atoms in total. The van der Waals surface area contributed by atoms with E-state index in [0.717, 1.165) is 32.1 Å². The quantitative estimate of drug-likeness (QED) is 0.773. The fourth-order valence-electron chi connectivity index (χ4n) is 4.15. The van der Waals surface area contributed by atoms with E-state index in [4.69, 9.17) is 9.47 Å². The first-order valence-corrected chi connectivity index (χ1v) is 10.5. The Kier molecular flexibility index (Phi) is 6.06. The fourth-order valence-corrected chi connectivity index (χ4v) is 4.15. The number of benzene rings is 1. The van der Waals surface area contributed by atoms with Gasteiger partial charge in [-0.15, -0.1) is 0 Å². The minimum atomic E-state index is -0.709. The van der Waals surface area contributed by atoms with E-state index in [1.807, 2.05) is 34.6 Å². The first-order valence-electron chi connectivity index (χ1n) is 10.5. The van der Waals surface area contributed by atoms with Gasteiger partial charge in [0.2, 0.25) is 0 Å². The molecule has 1 fully saturated rings. The van der Waals surface area contributed by atoms with E-state index in [-0.39, 0.29) is 18.1 Å². The lowest BCUT2D eigenvalue weighted by Crippen LogP contribution is -2.53. The predicted molar refractivity (Wildman–Crippen MR) is 109 cm³/mol. The largest absolute Gasteiger partial charge is 0.444 e. The molecule has 1 aliphatic heterocycles. The number of amides is 1. The molecule has 3 rings (SSSR count). The van der Waals surface area contributed by atoms with Crippen LogP contribution in [-0.4, -0.2) is 46.7 Å². The van der Waals surface area contributed by atoms with Crippen LogP contribution in [0, 0.1) is 0 Å². The number of aryl methyl sites for hydroxylation is 1. The van der Waals surface area contributed by atoms with Gasteiger partial charge in [-0.05, 0) is 83.4 Å². The number of fused-ring (bicyclic) bond motifs is 1. The smallest absolute Gasteiger partial charge is 0.412 e. The summed E-state index contributed by atoms with van der Waals surface area (Å²) >= 11 is 0. The number of rotatable bonds is 1. The van der Waals surface area contributed by atoms with Gasteiger partial charge in [0.25, 0.3) is 0 Å². The van der Waals surface area contributed by atoms with Crippen molar-refractivity contribution >= 4 is 6.09 Å². The van der Waals surface area contributed by atoms with Crippen molar-refractivity contribution in [1.29, 1.82) is 0 Å². The first kappa shape index (κ1) is 21.1. The summed E-state index contributed by atoms with van der Waals surface area (Å²) < 4.78 is 11.7. The highest BCUT2D eigenvalue weighted by molar-refractivity contribution is 5.69. The summed E-state index contributed by atoms with van der Waals surface area (Å²) in [6, 6.07) is 6.62. The van der Waals surface area contributed by atoms with Crippen molar-refractivity contribution in [2.75, 3.05) is 13.2 Å². The molecular formula is C23H35NO4. The van der Waals surface area contributed by atoms with Crippen LogP contribution in [0.1, 0.15) is 76.5 Å². The summed E-state index contributed by atoms with van der Waals surface area (Å²) in [5.41, 5.74) is 2.60. The third-order valence-corrected chi connectivity index (χ3v) is 5.72. The van der Waals surface area contributed by atoms with E-state index >= 15 is 0 Å². The molecule has 156 valence electrons. The number of hydrogen-bond acceptors (Lipinski definition) is 4. The molecule has 0 bridgehead atoms. The Balaban J connectivity index is 1.85. The van der Waals surface area contributed by atoms with Gasteiger partial charge in [-0.1, -0.05) is 18.2 Å². The SMILES string of the molecule is CC(C)(C)OC(=O)N1C[C@@H](c2ccc3c(c2)CCC(O)C3)CCCOC1(C)C. The highest BCUT2D eigenvalue weighted by Gasteiger charge is 2.38. The molecule has 0 spiro atoms. The van der Waals surface area contributed by atoms with Crippen molar-refractivity contribution in [1.82, 2.24) is 4.90 Å². The average molecular weight is 390 g/mol. The predicted octanol–water partition coefficient (Wildman–Crippen LogP) is 4.40. The average Bonchev–Trinajstić information content (AvgIpc) is 2.57. The lowest BCUT2D eigenvalue weighted by molar-refractivity contribution is -0.136. The Hall–Kier alpha value is -1.59. The summed E-state index contributed by atoms with van der Waals surface area (Å²) in [5, 5.41) is 9.92. The molecule has 0 saturated carbocycles. The van der Waals surface area contributed by atoms with Crippen molar-refractivity contribution in [2.45, 2.75) is 90.1 Å². The Morgan fingerprint density at radius 1 is 1.25 bits per heavy atom.